The van der Waals surface area contributed by atoms with Crippen LogP contribution in [0.3, 0.4) is 0 Å². The molecule has 1 aliphatic rings. The number of rotatable bonds is 5. The molecule has 5 heteroatoms. The van der Waals surface area contributed by atoms with E-state index in [1.54, 1.807) is 18.2 Å². The van der Waals surface area contributed by atoms with Crippen LogP contribution < -0.4 is 10.5 Å². The molecule has 104 valence electrons. The predicted octanol–water partition coefficient (Wildman–Crippen LogP) is 2.43. The summed E-state index contributed by atoms with van der Waals surface area (Å²) < 4.78 is 11.1. The molecular formula is C14H18ClNO3. The van der Waals surface area contributed by atoms with E-state index in [9.17, 15) is 4.79 Å². The van der Waals surface area contributed by atoms with Gasteiger partial charge in [-0.3, -0.25) is 4.79 Å². The van der Waals surface area contributed by atoms with Gasteiger partial charge in [0, 0.05) is 18.6 Å². The molecule has 1 heterocycles. The van der Waals surface area contributed by atoms with Crippen LogP contribution in [0.5, 0.6) is 5.75 Å². The zero-order valence-electron chi connectivity index (χ0n) is 10.7. The first-order valence-electron chi connectivity index (χ1n) is 6.48. The van der Waals surface area contributed by atoms with Crippen LogP contribution in [0.15, 0.2) is 18.2 Å². The Morgan fingerprint density at radius 1 is 1.53 bits per heavy atom. The second-order valence-electron chi connectivity index (χ2n) is 4.56. The van der Waals surface area contributed by atoms with E-state index >= 15 is 0 Å². The van der Waals surface area contributed by atoms with Crippen molar-refractivity contribution < 1.29 is 14.3 Å². The van der Waals surface area contributed by atoms with Gasteiger partial charge >= 0.3 is 0 Å². The second-order valence-corrected chi connectivity index (χ2v) is 4.97. The molecule has 2 N–H and O–H groups in total. The van der Waals surface area contributed by atoms with E-state index in [1.165, 1.54) is 0 Å². The Hall–Kier alpha value is -1.10. The fraction of sp³-hybridized carbons (Fsp3) is 0.500. The Morgan fingerprint density at radius 3 is 3.00 bits per heavy atom. The van der Waals surface area contributed by atoms with Gasteiger partial charge in [0.2, 0.25) is 0 Å². The van der Waals surface area contributed by atoms with Crippen LogP contribution in [0.25, 0.3) is 0 Å². The van der Waals surface area contributed by atoms with Crippen LogP contribution in [0.1, 0.15) is 29.6 Å². The summed E-state index contributed by atoms with van der Waals surface area (Å²) in [6.07, 6.45) is 2.32. The van der Waals surface area contributed by atoms with Gasteiger partial charge in [-0.2, -0.15) is 0 Å². The largest absolute Gasteiger partial charge is 0.486 e. The maximum absolute atomic E-state index is 11.7. The number of ketones is 1. The third kappa shape index (κ3) is 3.93. The Morgan fingerprint density at radius 2 is 2.37 bits per heavy atom. The van der Waals surface area contributed by atoms with Crippen molar-refractivity contribution in [2.24, 2.45) is 5.73 Å². The van der Waals surface area contributed by atoms with Crippen molar-refractivity contribution in [2.45, 2.75) is 25.4 Å². The summed E-state index contributed by atoms with van der Waals surface area (Å²) in [6, 6.07) is 5.10. The monoisotopic (exact) mass is 283 g/mol. The lowest BCUT2D eigenvalue weighted by molar-refractivity contribution is 0.00747. The SMILES string of the molecule is NCCC(=O)c1ccc(OC2CCCOC2)c(Cl)c1. The fourth-order valence-electron chi connectivity index (χ4n) is 2.03. The number of carbonyl (C=O) groups excluding carboxylic acids is 1. The van der Waals surface area contributed by atoms with Crippen LogP contribution in [0, 0.1) is 0 Å². The van der Waals surface area contributed by atoms with Gasteiger partial charge in [0.05, 0.1) is 11.6 Å². The molecule has 1 aromatic rings. The van der Waals surface area contributed by atoms with Gasteiger partial charge in [-0.15, -0.1) is 0 Å². The predicted molar refractivity (Wildman–Crippen MR) is 73.9 cm³/mol. The van der Waals surface area contributed by atoms with Crippen molar-refractivity contribution in [3.63, 3.8) is 0 Å². The fourth-order valence-corrected chi connectivity index (χ4v) is 2.25. The van der Waals surface area contributed by atoms with Crippen molar-refractivity contribution in [1.29, 1.82) is 0 Å². The quantitative estimate of drug-likeness (QED) is 0.843. The van der Waals surface area contributed by atoms with Gasteiger partial charge in [-0.05, 0) is 37.6 Å². The zero-order chi connectivity index (χ0) is 13.7. The summed E-state index contributed by atoms with van der Waals surface area (Å²) in [4.78, 5) is 11.7. The lowest BCUT2D eigenvalue weighted by Gasteiger charge is -2.23. The van der Waals surface area contributed by atoms with Crippen molar-refractivity contribution in [1.82, 2.24) is 0 Å². The Labute approximate surface area is 117 Å². The molecule has 1 aliphatic heterocycles. The summed E-state index contributed by atoms with van der Waals surface area (Å²) in [6.45, 7) is 1.72. The molecule has 4 nitrogen and oxygen atoms in total. The minimum Gasteiger partial charge on any atom is -0.486 e. The molecule has 2 rings (SSSR count). The first kappa shape index (κ1) is 14.3. The van der Waals surface area contributed by atoms with Crippen molar-refractivity contribution in [2.75, 3.05) is 19.8 Å². The topological polar surface area (TPSA) is 61.6 Å². The smallest absolute Gasteiger partial charge is 0.164 e. The average Bonchev–Trinajstić information content (AvgIpc) is 2.42. The second kappa shape index (κ2) is 6.89. The van der Waals surface area contributed by atoms with Gasteiger partial charge in [-0.25, -0.2) is 0 Å². The van der Waals surface area contributed by atoms with Gasteiger partial charge in [0.25, 0.3) is 0 Å². The number of nitrogens with two attached hydrogens (primary N) is 1. The number of Topliss-reactive ketones (excluding diaryl/α,β-unsaturated/α-hetero) is 1. The summed E-state index contributed by atoms with van der Waals surface area (Å²) in [5, 5.41) is 0.452. The molecule has 1 fully saturated rings. The van der Waals surface area contributed by atoms with Crippen LogP contribution in [-0.2, 0) is 4.74 Å². The van der Waals surface area contributed by atoms with Gasteiger partial charge in [0.15, 0.2) is 5.78 Å². The van der Waals surface area contributed by atoms with Crippen LogP contribution in [0.4, 0.5) is 0 Å². The molecule has 19 heavy (non-hydrogen) atoms. The number of carbonyl (C=O) groups is 1. The maximum atomic E-state index is 11.7. The maximum Gasteiger partial charge on any atom is 0.164 e. The highest BCUT2D eigenvalue weighted by molar-refractivity contribution is 6.32. The summed E-state index contributed by atoms with van der Waals surface area (Å²) >= 11 is 6.14. The lowest BCUT2D eigenvalue weighted by atomic mass is 10.1. The third-order valence-corrected chi connectivity index (χ3v) is 3.33. The van der Waals surface area contributed by atoms with Gasteiger partial charge in [0.1, 0.15) is 11.9 Å². The van der Waals surface area contributed by atoms with Gasteiger partial charge in [-0.1, -0.05) is 11.6 Å². The van der Waals surface area contributed by atoms with E-state index < -0.39 is 0 Å². The Kier molecular flexibility index (Phi) is 5.19. The average molecular weight is 284 g/mol. The number of hydrogen-bond acceptors (Lipinski definition) is 4. The molecule has 0 radical (unpaired) electrons. The van der Waals surface area contributed by atoms with E-state index in [-0.39, 0.29) is 11.9 Å². The summed E-state index contributed by atoms with van der Waals surface area (Å²) in [5.74, 6) is 0.596. The first-order chi connectivity index (χ1) is 9.20. The number of hydrogen-bond donors (Lipinski definition) is 1. The molecular weight excluding hydrogens is 266 g/mol. The molecule has 0 aromatic heterocycles. The molecule has 0 bridgehead atoms. The van der Waals surface area contributed by atoms with E-state index in [2.05, 4.69) is 0 Å². The van der Waals surface area contributed by atoms with E-state index in [0.717, 1.165) is 19.4 Å². The standard InChI is InChI=1S/C14H18ClNO3/c15-12-8-10(13(17)5-6-16)3-4-14(12)19-11-2-1-7-18-9-11/h3-4,8,11H,1-2,5-7,9,16H2. The zero-order valence-corrected chi connectivity index (χ0v) is 11.5. The molecule has 0 saturated carbocycles. The minimum absolute atomic E-state index is 0.00282. The van der Waals surface area contributed by atoms with E-state index in [1.807, 2.05) is 0 Å². The Balaban J connectivity index is 2.04. The number of ether oxygens (including phenoxy) is 2. The first-order valence-corrected chi connectivity index (χ1v) is 6.85. The van der Waals surface area contributed by atoms with Crippen molar-refractivity contribution >= 4 is 17.4 Å². The van der Waals surface area contributed by atoms with E-state index in [0.29, 0.717) is 35.9 Å². The Bertz CT molecular complexity index is 444. The highest BCUT2D eigenvalue weighted by Crippen LogP contribution is 2.28. The van der Waals surface area contributed by atoms with Gasteiger partial charge < -0.3 is 15.2 Å². The van der Waals surface area contributed by atoms with Crippen molar-refractivity contribution in [3.05, 3.63) is 28.8 Å². The van der Waals surface area contributed by atoms with E-state index in [4.69, 9.17) is 26.8 Å². The van der Waals surface area contributed by atoms with Crippen LogP contribution in [-0.4, -0.2) is 31.6 Å². The number of halogens is 1. The highest BCUT2D eigenvalue weighted by atomic mass is 35.5. The highest BCUT2D eigenvalue weighted by Gasteiger charge is 2.17. The molecule has 0 amide bonds. The normalized spacial score (nSPS) is 19.2. The summed E-state index contributed by atoms with van der Waals surface area (Å²) in [7, 11) is 0. The van der Waals surface area contributed by atoms with Crippen LogP contribution >= 0.6 is 11.6 Å². The molecule has 1 unspecified atom stereocenters. The summed E-state index contributed by atoms with van der Waals surface area (Å²) in [5.41, 5.74) is 5.94. The molecule has 1 saturated heterocycles. The van der Waals surface area contributed by atoms with Crippen LogP contribution in [0.2, 0.25) is 5.02 Å². The number of benzene rings is 1. The molecule has 1 atom stereocenters. The molecule has 0 aliphatic carbocycles. The molecule has 1 aromatic carbocycles. The minimum atomic E-state index is -0.00282. The lowest BCUT2D eigenvalue weighted by Crippen LogP contribution is -2.28. The van der Waals surface area contributed by atoms with Crippen molar-refractivity contribution in [3.8, 4) is 5.75 Å². The third-order valence-electron chi connectivity index (χ3n) is 3.04. The molecule has 0 spiro atoms.